The zero-order valence-corrected chi connectivity index (χ0v) is 9.01. The fourth-order valence-electron chi connectivity index (χ4n) is 0.671. The molecule has 2 unspecified atom stereocenters. The fourth-order valence-corrected chi connectivity index (χ4v) is 0.969. The van der Waals surface area contributed by atoms with Gasteiger partial charge >= 0.3 is 0 Å². The first-order valence-corrected chi connectivity index (χ1v) is 4.52. The van der Waals surface area contributed by atoms with Crippen LogP contribution in [-0.2, 0) is 4.90 Å². The number of rotatable bonds is 1. The van der Waals surface area contributed by atoms with Gasteiger partial charge in [-0.2, -0.15) is 0 Å². The minimum atomic E-state index is -0.00625. The van der Waals surface area contributed by atoms with Crippen LogP contribution in [0, 0.1) is 6.92 Å². The average molecular weight is 186 g/mol. The van der Waals surface area contributed by atoms with Crippen molar-refractivity contribution in [3.05, 3.63) is 23.8 Å². The van der Waals surface area contributed by atoms with E-state index in [1.807, 2.05) is 19.3 Å². The van der Waals surface area contributed by atoms with Gasteiger partial charge in [0.25, 0.3) is 0 Å². The van der Waals surface area contributed by atoms with Gasteiger partial charge in [-0.25, -0.2) is 9.97 Å². The van der Waals surface area contributed by atoms with Gasteiger partial charge in [-0.1, -0.05) is 0 Å². The lowest BCUT2D eigenvalue weighted by Crippen LogP contribution is -2.03. The summed E-state index contributed by atoms with van der Waals surface area (Å²) in [6.45, 7) is 3.96. The van der Waals surface area contributed by atoms with Crippen LogP contribution in [0.15, 0.2) is 12.4 Å². The molecule has 2 nitrogen and oxygen atoms in total. The molecule has 0 aliphatic carbocycles. The SMILES string of the molecule is Cc1ncc(C(C)(P)P)cn1. The van der Waals surface area contributed by atoms with Crippen molar-refractivity contribution >= 4 is 18.5 Å². The van der Waals surface area contributed by atoms with Crippen LogP contribution in [0.25, 0.3) is 0 Å². The van der Waals surface area contributed by atoms with Gasteiger partial charge in [0.15, 0.2) is 0 Å². The predicted molar refractivity (Wildman–Crippen MR) is 53.5 cm³/mol. The van der Waals surface area contributed by atoms with E-state index in [9.17, 15) is 0 Å². The van der Waals surface area contributed by atoms with Crippen LogP contribution >= 0.6 is 18.5 Å². The molecule has 0 saturated heterocycles. The molecule has 2 atom stereocenters. The van der Waals surface area contributed by atoms with Crippen molar-refractivity contribution in [3.8, 4) is 0 Å². The van der Waals surface area contributed by atoms with Crippen LogP contribution in [0.3, 0.4) is 0 Å². The van der Waals surface area contributed by atoms with Gasteiger partial charge in [0.05, 0.1) is 0 Å². The van der Waals surface area contributed by atoms with Crippen molar-refractivity contribution in [1.29, 1.82) is 0 Å². The molecule has 11 heavy (non-hydrogen) atoms. The summed E-state index contributed by atoms with van der Waals surface area (Å²) in [6, 6.07) is 0. The van der Waals surface area contributed by atoms with E-state index >= 15 is 0 Å². The minimum absolute atomic E-state index is 0.00625. The van der Waals surface area contributed by atoms with E-state index in [-0.39, 0.29) is 4.90 Å². The summed E-state index contributed by atoms with van der Waals surface area (Å²) < 4.78 is 0. The normalized spacial score (nSPS) is 11.6. The highest BCUT2D eigenvalue weighted by atomic mass is 31.1. The van der Waals surface area contributed by atoms with Gasteiger partial charge in [0.2, 0.25) is 0 Å². The third kappa shape index (κ3) is 2.47. The van der Waals surface area contributed by atoms with Crippen LogP contribution in [0.2, 0.25) is 0 Å². The molecule has 60 valence electrons. The third-order valence-corrected chi connectivity index (χ3v) is 2.07. The summed E-state index contributed by atoms with van der Waals surface area (Å²) in [6.07, 6.45) is 3.70. The van der Waals surface area contributed by atoms with Crippen molar-refractivity contribution in [3.63, 3.8) is 0 Å². The number of aromatic nitrogens is 2. The molecule has 4 heteroatoms. The van der Waals surface area contributed by atoms with Gasteiger partial charge in [-0.05, 0) is 13.8 Å². The molecule has 0 amide bonds. The maximum Gasteiger partial charge on any atom is 0.125 e. The van der Waals surface area contributed by atoms with Gasteiger partial charge in [0.1, 0.15) is 5.82 Å². The second-order valence-electron chi connectivity index (χ2n) is 2.80. The first kappa shape index (κ1) is 9.03. The summed E-state index contributed by atoms with van der Waals surface area (Å²) in [5, 5.41) is 0. The summed E-state index contributed by atoms with van der Waals surface area (Å²) in [4.78, 5) is 8.21. The lowest BCUT2D eigenvalue weighted by molar-refractivity contribution is 0.938. The molecule has 1 aromatic rings. The first-order chi connectivity index (χ1) is 5.00. The molecule has 0 saturated carbocycles. The number of hydrogen-bond donors (Lipinski definition) is 0. The molecule has 0 fully saturated rings. The van der Waals surface area contributed by atoms with Crippen LogP contribution in [0.1, 0.15) is 18.3 Å². The maximum absolute atomic E-state index is 4.11. The lowest BCUT2D eigenvalue weighted by atomic mass is 10.2. The monoisotopic (exact) mass is 186 g/mol. The smallest absolute Gasteiger partial charge is 0.125 e. The van der Waals surface area contributed by atoms with Crippen LogP contribution in [0.4, 0.5) is 0 Å². The highest BCUT2D eigenvalue weighted by Gasteiger charge is 2.13. The van der Waals surface area contributed by atoms with E-state index in [1.165, 1.54) is 0 Å². The largest absolute Gasteiger partial charge is 0.241 e. The second-order valence-corrected chi connectivity index (χ2v) is 5.87. The van der Waals surface area contributed by atoms with Crippen LogP contribution in [-0.4, -0.2) is 9.97 Å². The number of nitrogens with zero attached hydrogens (tertiary/aromatic N) is 2. The molecule has 0 radical (unpaired) electrons. The Bertz CT molecular complexity index is 238. The molecule has 0 N–H and O–H groups in total. The minimum Gasteiger partial charge on any atom is -0.241 e. The van der Waals surface area contributed by atoms with E-state index < -0.39 is 0 Å². The van der Waals surface area contributed by atoms with Crippen molar-refractivity contribution in [2.75, 3.05) is 0 Å². The number of aryl methyl sites for hydroxylation is 1. The van der Waals surface area contributed by atoms with Gasteiger partial charge < -0.3 is 0 Å². The van der Waals surface area contributed by atoms with Crippen molar-refractivity contribution in [2.45, 2.75) is 18.7 Å². The van der Waals surface area contributed by atoms with E-state index in [4.69, 9.17) is 0 Å². The summed E-state index contributed by atoms with van der Waals surface area (Å²) in [5.41, 5.74) is 1.11. The van der Waals surface area contributed by atoms with Crippen LogP contribution < -0.4 is 0 Å². The zero-order valence-electron chi connectivity index (χ0n) is 6.70. The highest BCUT2D eigenvalue weighted by molar-refractivity contribution is 7.38. The Kier molecular flexibility index (Phi) is 2.57. The predicted octanol–water partition coefficient (Wildman–Crippen LogP) is 1.71. The molecule has 1 rings (SSSR count). The van der Waals surface area contributed by atoms with E-state index in [2.05, 4.69) is 35.4 Å². The zero-order chi connectivity index (χ0) is 8.48. The highest BCUT2D eigenvalue weighted by Crippen LogP contribution is 2.36. The first-order valence-electron chi connectivity index (χ1n) is 3.37. The second kappa shape index (κ2) is 3.13. The van der Waals surface area contributed by atoms with Crippen molar-refractivity contribution in [1.82, 2.24) is 9.97 Å². The number of hydrogen-bond acceptors (Lipinski definition) is 2. The summed E-state index contributed by atoms with van der Waals surface area (Å²) in [5.74, 6) is 0.813. The van der Waals surface area contributed by atoms with E-state index in [1.54, 1.807) is 0 Å². The Hall–Kier alpha value is -0.0600. The fraction of sp³-hybridized carbons (Fsp3) is 0.429. The van der Waals surface area contributed by atoms with Crippen LogP contribution in [0.5, 0.6) is 0 Å². The molecule has 1 aromatic heterocycles. The van der Waals surface area contributed by atoms with Gasteiger partial charge in [-0.15, -0.1) is 18.5 Å². The molecule has 0 spiro atoms. The summed E-state index contributed by atoms with van der Waals surface area (Å²) >= 11 is 0. The van der Waals surface area contributed by atoms with Crippen molar-refractivity contribution < 1.29 is 0 Å². The molecule has 0 aliphatic heterocycles. The van der Waals surface area contributed by atoms with E-state index in [0.29, 0.717) is 0 Å². The standard InChI is InChI=1S/C7H12N2P2/c1-5-8-3-6(4-9-5)7(2,10)11/h3-4H,10-11H2,1-2H3. The third-order valence-electron chi connectivity index (χ3n) is 1.40. The molecular formula is C7H12N2P2. The summed E-state index contributed by atoms with van der Waals surface area (Å²) in [7, 11) is 5.46. The topological polar surface area (TPSA) is 25.8 Å². The van der Waals surface area contributed by atoms with Crippen molar-refractivity contribution in [2.24, 2.45) is 0 Å². The Morgan fingerprint density at radius 2 is 1.73 bits per heavy atom. The molecule has 1 heterocycles. The average Bonchev–Trinajstić information content (AvgIpc) is 1.86. The van der Waals surface area contributed by atoms with Gasteiger partial charge in [-0.3, -0.25) is 0 Å². The van der Waals surface area contributed by atoms with E-state index in [0.717, 1.165) is 11.4 Å². The molecular weight excluding hydrogens is 174 g/mol. The Morgan fingerprint density at radius 3 is 2.09 bits per heavy atom. The molecule has 0 bridgehead atoms. The molecule has 0 aliphatic rings. The van der Waals surface area contributed by atoms with Gasteiger partial charge in [0, 0.05) is 22.9 Å². The quantitative estimate of drug-likeness (QED) is 0.624. The Balaban J connectivity index is 2.99. The lowest BCUT2D eigenvalue weighted by Gasteiger charge is -2.16. The molecule has 0 aromatic carbocycles. The Morgan fingerprint density at radius 1 is 1.27 bits per heavy atom. The maximum atomic E-state index is 4.11. The Labute approximate surface area is 71.6 Å².